The molecule has 0 rings (SSSR count). The van der Waals surface area contributed by atoms with Crippen molar-refractivity contribution in [2.75, 3.05) is 0 Å². The van der Waals surface area contributed by atoms with Crippen molar-refractivity contribution in [1.82, 2.24) is 0 Å². The van der Waals surface area contributed by atoms with Gasteiger partial charge in [-0.25, -0.2) is 4.79 Å². The van der Waals surface area contributed by atoms with Crippen LogP contribution in [0.25, 0.3) is 0 Å². The van der Waals surface area contributed by atoms with Gasteiger partial charge in [0.1, 0.15) is 5.60 Å². The normalized spacial score (nSPS) is 13.5. The minimum absolute atomic E-state index is 0.212. The summed E-state index contributed by atoms with van der Waals surface area (Å²) in [5.74, 6) is 2.21. The van der Waals surface area contributed by atoms with Gasteiger partial charge in [0, 0.05) is 0 Å². The van der Waals surface area contributed by atoms with Crippen LogP contribution in [0.4, 0.5) is 0 Å². The molecule has 0 aliphatic heterocycles. The van der Waals surface area contributed by atoms with Crippen molar-refractivity contribution >= 4 is 11.9 Å². The molecule has 0 aromatic rings. The number of esters is 1. The Morgan fingerprint density at radius 1 is 1.13 bits per heavy atom. The second-order valence-corrected chi connectivity index (χ2v) is 4.69. The van der Waals surface area contributed by atoms with Crippen LogP contribution in [0.2, 0.25) is 0 Å². The molecule has 0 spiro atoms. The molecule has 0 aliphatic carbocycles. The van der Waals surface area contributed by atoms with Crippen molar-refractivity contribution in [3.05, 3.63) is 0 Å². The monoisotopic (exact) mass is 217 g/mol. The lowest BCUT2D eigenvalue weighted by atomic mass is 9.96. The Bertz CT molecular complexity index is 242. The van der Waals surface area contributed by atoms with E-state index in [2.05, 4.69) is 4.84 Å². The molecule has 0 heterocycles. The first kappa shape index (κ1) is 13.9. The summed E-state index contributed by atoms with van der Waals surface area (Å²) in [5, 5.41) is 0. The van der Waals surface area contributed by atoms with Gasteiger partial charge < -0.3 is 9.57 Å². The Kier molecular flexibility index (Phi) is 4.74. The summed E-state index contributed by atoms with van der Waals surface area (Å²) in [5.41, 5.74) is -0.626. The van der Waals surface area contributed by atoms with E-state index in [4.69, 9.17) is 10.6 Å². The molecule has 0 aromatic heterocycles. The first-order valence-corrected chi connectivity index (χ1v) is 4.82. The van der Waals surface area contributed by atoms with Gasteiger partial charge in [0.2, 0.25) is 0 Å². The molecule has 0 aromatic carbocycles. The lowest BCUT2D eigenvalue weighted by Crippen LogP contribution is -2.37. The van der Waals surface area contributed by atoms with Gasteiger partial charge >= 0.3 is 11.9 Å². The molecule has 2 N–H and O–H groups in total. The standard InChI is InChI=1S/C10H19NO4/c1-6(2)7(9(13)15-11)8(12)14-10(3,4)5/h6-7H,11H2,1-5H3/t7-/m0/s1. The van der Waals surface area contributed by atoms with Gasteiger partial charge in [0.05, 0.1) is 0 Å². The third-order valence-corrected chi connectivity index (χ3v) is 1.70. The van der Waals surface area contributed by atoms with Gasteiger partial charge in [0.25, 0.3) is 0 Å². The lowest BCUT2D eigenvalue weighted by Gasteiger charge is -2.24. The average Bonchev–Trinajstić information content (AvgIpc) is 1.99. The van der Waals surface area contributed by atoms with E-state index in [0.717, 1.165) is 0 Å². The number of hydrogen-bond acceptors (Lipinski definition) is 5. The van der Waals surface area contributed by atoms with Crippen LogP contribution < -0.4 is 5.90 Å². The van der Waals surface area contributed by atoms with Gasteiger partial charge in [-0.05, 0) is 26.7 Å². The van der Waals surface area contributed by atoms with Gasteiger partial charge in [-0.1, -0.05) is 13.8 Å². The highest BCUT2D eigenvalue weighted by atomic mass is 16.7. The summed E-state index contributed by atoms with van der Waals surface area (Å²) in [7, 11) is 0. The molecular formula is C10H19NO4. The minimum atomic E-state index is -0.964. The Balaban J connectivity index is 4.65. The third kappa shape index (κ3) is 4.78. The second-order valence-electron chi connectivity index (χ2n) is 4.69. The van der Waals surface area contributed by atoms with Crippen LogP contribution in [0.5, 0.6) is 0 Å². The highest BCUT2D eigenvalue weighted by Crippen LogP contribution is 2.18. The van der Waals surface area contributed by atoms with E-state index in [-0.39, 0.29) is 5.92 Å². The Morgan fingerprint density at radius 3 is 1.87 bits per heavy atom. The molecule has 0 unspecified atom stereocenters. The zero-order chi connectivity index (χ0) is 12.2. The quantitative estimate of drug-likeness (QED) is 0.433. The molecule has 0 fully saturated rings. The lowest BCUT2D eigenvalue weighted by molar-refractivity contribution is -0.171. The van der Waals surface area contributed by atoms with Crippen LogP contribution in [0.15, 0.2) is 0 Å². The van der Waals surface area contributed by atoms with Crippen molar-refractivity contribution in [2.45, 2.75) is 40.2 Å². The maximum absolute atomic E-state index is 11.6. The highest BCUT2D eigenvalue weighted by Gasteiger charge is 2.35. The molecule has 5 nitrogen and oxygen atoms in total. The number of hydrogen-bond donors (Lipinski definition) is 1. The maximum atomic E-state index is 11.6. The van der Waals surface area contributed by atoms with Crippen LogP contribution in [-0.4, -0.2) is 17.5 Å². The van der Waals surface area contributed by atoms with Crippen LogP contribution in [0, 0.1) is 11.8 Å². The van der Waals surface area contributed by atoms with E-state index in [1.807, 2.05) is 0 Å². The number of rotatable bonds is 3. The molecule has 5 heteroatoms. The number of ether oxygens (including phenoxy) is 1. The topological polar surface area (TPSA) is 78.6 Å². The van der Waals surface area contributed by atoms with Crippen LogP contribution in [0.3, 0.4) is 0 Å². The number of carbonyl (C=O) groups is 2. The fourth-order valence-corrected chi connectivity index (χ4v) is 1.08. The summed E-state index contributed by atoms with van der Waals surface area (Å²) in [6.45, 7) is 8.65. The zero-order valence-corrected chi connectivity index (χ0v) is 9.87. The smallest absolute Gasteiger partial charge is 0.339 e. The number of carbonyl (C=O) groups excluding carboxylic acids is 2. The van der Waals surface area contributed by atoms with Crippen LogP contribution in [0.1, 0.15) is 34.6 Å². The van der Waals surface area contributed by atoms with Crippen molar-refractivity contribution in [3.63, 3.8) is 0 Å². The van der Waals surface area contributed by atoms with Crippen molar-refractivity contribution in [1.29, 1.82) is 0 Å². The Labute approximate surface area is 89.9 Å². The van der Waals surface area contributed by atoms with Crippen molar-refractivity contribution < 1.29 is 19.2 Å². The summed E-state index contributed by atoms with van der Waals surface area (Å²) >= 11 is 0. The summed E-state index contributed by atoms with van der Waals surface area (Å²) in [4.78, 5) is 26.9. The molecule has 0 radical (unpaired) electrons. The van der Waals surface area contributed by atoms with E-state index >= 15 is 0 Å². The van der Waals surface area contributed by atoms with Crippen molar-refractivity contribution in [2.24, 2.45) is 17.7 Å². The molecule has 88 valence electrons. The number of nitrogens with two attached hydrogens (primary N) is 1. The summed E-state index contributed by atoms with van der Waals surface area (Å²) in [6, 6.07) is 0. The Morgan fingerprint density at radius 2 is 1.60 bits per heavy atom. The van der Waals surface area contributed by atoms with Gasteiger partial charge in [0.15, 0.2) is 5.92 Å². The van der Waals surface area contributed by atoms with Gasteiger partial charge in [-0.15, -0.1) is 0 Å². The van der Waals surface area contributed by atoms with Gasteiger partial charge in [-0.2, -0.15) is 5.90 Å². The molecular weight excluding hydrogens is 198 g/mol. The molecule has 1 atom stereocenters. The van der Waals surface area contributed by atoms with Crippen molar-refractivity contribution in [3.8, 4) is 0 Å². The van der Waals surface area contributed by atoms with E-state index in [1.165, 1.54) is 0 Å². The van der Waals surface area contributed by atoms with E-state index in [1.54, 1.807) is 34.6 Å². The highest BCUT2D eigenvalue weighted by molar-refractivity contribution is 5.95. The van der Waals surface area contributed by atoms with E-state index in [0.29, 0.717) is 0 Å². The first-order chi connectivity index (χ1) is 6.69. The fourth-order valence-electron chi connectivity index (χ4n) is 1.08. The SMILES string of the molecule is CC(C)[C@H](C(=O)ON)C(=O)OC(C)(C)C. The fraction of sp³-hybridized carbons (Fsp3) is 0.800. The second kappa shape index (κ2) is 5.11. The first-order valence-electron chi connectivity index (χ1n) is 4.82. The van der Waals surface area contributed by atoms with Crippen LogP contribution in [-0.2, 0) is 19.2 Å². The van der Waals surface area contributed by atoms with Gasteiger partial charge in [-0.3, -0.25) is 4.79 Å². The predicted octanol–water partition coefficient (Wildman–Crippen LogP) is 1.02. The molecule has 0 saturated heterocycles. The summed E-state index contributed by atoms with van der Waals surface area (Å²) < 4.78 is 5.09. The molecule has 0 bridgehead atoms. The van der Waals surface area contributed by atoms with E-state index < -0.39 is 23.5 Å². The van der Waals surface area contributed by atoms with E-state index in [9.17, 15) is 9.59 Å². The molecule has 0 saturated carbocycles. The summed E-state index contributed by atoms with van der Waals surface area (Å²) in [6.07, 6.45) is 0. The molecule has 15 heavy (non-hydrogen) atoms. The van der Waals surface area contributed by atoms with Crippen LogP contribution >= 0.6 is 0 Å². The predicted molar refractivity (Wildman–Crippen MR) is 54.5 cm³/mol. The third-order valence-electron chi connectivity index (χ3n) is 1.70. The molecule has 0 aliphatic rings. The Hall–Kier alpha value is -1.10. The zero-order valence-electron chi connectivity index (χ0n) is 9.87. The minimum Gasteiger partial charge on any atom is -0.459 e. The maximum Gasteiger partial charge on any atom is 0.339 e. The average molecular weight is 217 g/mol. The largest absolute Gasteiger partial charge is 0.459 e. The molecule has 0 amide bonds.